The number of halogens is 1. The molecule has 0 fully saturated rings. The summed E-state index contributed by atoms with van der Waals surface area (Å²) < 4.78 is 18.8. The first-order valence-corrected chi connectivity index (χ1v) is 7.92. The van der Waals surface area contributed by atoms with Crippen LogP contribution < -0.4 is 10.5 Å². The van der Waals surface area contributed by atoms with Crippen molar-refractivity contribution in [3.8, 4) is 5.75 Å². The van der Waals surface area contributed by atoms with Gasteiger partial charge in [0, 0.05) is 11.6 Å². The lowest BCUT2D eigenvalue weighted by Crippen LogP contribution is -1.96. The van der Waals surface area contributed by atoms with Crippen molar-refractivity contribution in [2.24, 2.45) is 0 Å². The Morgan fingerprint density at radius 2 is 2.14 bits per heavy atom. The van der Waals surface area contributed by atoms with Crippen LogP contribution in [0.4, 0.5) is 10.1 Å². The molecular formula is C17H17FN2OS. The van der Waals surface area contributed by atoms with Crippen LogP contribution in [-0.2, 0) is 6.61 Å². The molecule has 22 heavy (non-hydrogen) atoms. The van der Waals surface area contributed by atoms with Crippen LogP contribution in [0, 0.1) is 6.92 Å². The van der Waals surface area contributed by atoms with Crippen molar-refractivity contribution in [3.05, 3.63) is 63.9 Å². The zero-order chi connectivity index (χ0) is 15.5. The van der Waals surface area contributed by atoms with E-state index in [0.717, 1.165) is 21.3 Å². The zero-order valence-electron chi connectivity index (χ0n) is 12.3. The van der Waals surface area contributed by atoms with E-state index >= 15 is 0 Å². The fourth-order valence-electron chi connectivity index (χ4n) is 2.23. The molecule has 1 aromatic carbocycles. The molecule has 5 heteroatoms. The first-order chi connectivity index (χ1) is 10.6. The van der Waals surface area contributed by atoms with Gasteiger partial charge in [-0.25, -0.2) is 9.37 Å². The van der Waals surface area contributed by atoms with Crippen molar-refractivity contribution in [2.75, 3.05) is 5.73 Å². The van der Waals surface area contributed by atoms with Gasteiger partial charge >= 0.3 is 0 Å². The number of thiazole rings is 1. The maximum atomic E-state index is 13.0. The van der Waals surface area contributed by atoms with Crippen molar-refractivity contribution >= 4 is 17.0 Å². The molecule has 1 aliphatic carbocycles. The lowest BCUT2D eigenvalue weighted by Gasteiger charge is -2.09. The van der Waals surface area contributed by atoms with Crippen LogP contribution in [0.5, 0.6) is 5.75 Å². The maximum absolute atomic E-state index is 13.0. The van der Waals surface area contributed by atoms with E-state index in [0.29, 0.717) is 18.7 Å². The fourth-order valence-corrected chi connectivity index (χ4v) is 3.31. The van der Waals surface area contributed by atoms with Gasteiger partial charge in [-0.2, -0.15) is 0 Å². The van der Waals surface area contributed by atoms with Gasteiger partial charge in [0.2, 0.25) is 0 Å². The van der Waals surface area contributed by atoms with Crippen LogP contribution in [0.2, 0.25) is 0 Å². The average Bonchev–Trinajstić information content (AvgIpc) is 2.88. The van der Waals surface area contributed by atoms with Crippen LogP contribution in [0.15, 0.2) is 48.3 Å². The van der Waals surface area contributed by atoms with Crippen LogP contribution in [0.25, 0.3) is 0 Å². The van der Waals surface area contributed by atoms with Gasteiger partial charge in [0.1, 0.15) is 23.2 Å². The third-order valence-corrected chi connectivity index (χ3v) is 4.79. The number of ether oxygens (including phenoxy) is 1. The van der Waals surface area contributed by atoms with E-state index in [1.54, 1.807) is 17.4 Å². The van der Waals surface area contributed by atoms with Crippen molar-refractivity contribution in [2.45, 2.75) is 25.9 Å². The number of allylic oxidation sites excluding steroid dienone is 4. The number of anilines is 1. The Hall–Kier alpha value is -2.14. The van der Waals surface area contributed by atoms with Gasteiger partial charge in [-0.05, 0) is 49.8 Å². The van der Waals surface area contributed by atoms with Crippen molar-refractivity contribution in [1.82, 2.24) is 4.98 Å². The number of aromatic nitrogens is 1. The van der Waals surface area contributed by atoms with E-state index < -0.39 is 0 Å². The van der Waals surface area contributed by atoms with Gasteiger partial charge in [0.15, 0.2) is 0 Å². The molecular weight excluding hydrogens is 299 g/mol. The minimum Gasteiger partial charge on any atom is -0.488 e. The molecule has 1 unspecified atom stereocenters. The molecule has 0 bridgehead atoms. The molecule has 2 aromatic rings. The minimum atomic E-state index is -0.170. The summed E-state index contributed by atoms with van der Waals surface area (Å²) in [5.41, 5.74) is 7.34. The zero-order valence-corrected chi connectivity index (χ0v) is 13.1. The number of benzene rings is 1. The van der Waals surface area contributed by atoms with E-state index in [1.165, 1.54) is 6.08 Å². The highest BCUT2D eigenvalue weighted by atomic mass is 32.1. The minimum absolute atomic E-state index is 0.161. The Kier molecular flexibility index (Phi) is 4.24. The Bertz CT molecular complexity index is 719. The molecule has 1 atom stereocenters. The summed E-state index contributed by atoms with van der Waals surface area (Å²) in [5.74, 6) is 0.774. The summed E-state index contributed by atoms with van der Waals surface area (Å²) in [6.45, 7) is 2.46. The molecule has 0 amide bonds. The molecule has 0 saturated heterocycles. The summed E-state index contributed by atoms with van der Waals surface area (Å²) >= 11 is 1.63. The molecule has 0 saturated carbocycles. The van der Waals surface area contributed by atoms with Crippen molar-refractivity contribution in [1.29, 1.82) is 0 Å². The van der Waals surface area contributed by atoms with E-state index in [9.17, 15) is 4.39 Å². The molecule has 114 valence electrons. The van der Waals surface area contributed by atoms with E-state index in [-0.39, 0.29) is 11.7 Å². The summed E-state index contributed by atoms with van der Waals surface area (Å²) in [5, 5.41) is 1.01. The first kappa shape index (κ1) is 14.8. The number of rotatable bonds is 4. The van der Waals surface area contributed by atoms with Gasteiger partial charge in [0.25, 0.3) is 0 Å². The summed E-state index contributed by atoms with van der Waals surface area (Å²) in [6.07, 6.45) is 5.65. The predicted molar refractivity (Wildman–Crippen MR) is 87.7 cm³/mol. The third kappa shape index (κ3) is 3.36. The van der Waals surface area contributed by atoms with Gasteiger partial charge in [-0.15, -0.1) is 11.3 Å². The molecule has 1 aliphatic rings. The Morgan fingerprint density at radius 3 is 2.82 bits per heavy atom. The van der Waals surface area contributed by atoms with Gasteiger partial charge in [-0.3, -0.25) is 0 Å². The SMILES string of the molecule is Cc1nc(C2C=CC(F)=CC2)sc1COc1ccc(N)cc1. The van der Waals surface area contributed by atoms with Crippen molar-refractivity contribution < 1.29 is 9.13 Å². The fraction of sp³-hybridized carbons (Fsp3) is 0.235. The normalized spacial score (nSPS) is 17.4. The average molecular weight is 316 g/mol. The van der Waals surface area contributed by atoms with Crippen LogP contribution in [-0.4, -0.2) is 4.98 Å². The Labute approximate surface area is 133 Å². The summed E-state index contributed by atoms with van der Waals surface area (Å²) in [6, 6.07) is 7.33. The summed E-state index contributed by atoms with van der Waals surface area (Å²) in [4.78, 5) is 5.69. The second kappa shape index (κ2) is 6.32. The number of hydrogen-bond donors (Lipinski definition) is 1. The lowest BCUT2D eigenvalue weighted by molar-refractivity contribution is 0.309. The highest BCUT2D eigenvalue weighted by Gasteiger charge is 2.17. The topological polar surface area (TPSA) is 48.1 Å². The smallest absolute Gasteiger partial charge is 0.124 e. The standard InChI is InChI=1S/C17H17FN2OS/c1-11-16(10-21-15-8-6-14(19)7-9-15)22-17(20-11)12-2-4-13(18)5-3-12/h2,4-9,12H,3,10,19H2,1H3. The number of hydrogen-bond acceptors (Lipinski definition) is 4. The predicted octanol–water partition coefficient (Wildman–Crippen LogP) is 4.51. The van der Waals surface area contributed by atoms with Gasteiger partial charge in [0.05, 0.1) is 10.6 Å². The second-order valence-corrected chi connectivity index (χ2v) is 6.32. The monoisotopic (exact) mass is 316 g/mol. The van der Waals surface area contributed by atoms with Crippen LogP contribution in [0.1, 0.15) is 27.9 Å². The molecule has 2 N–H and O–H groups in total. The number of nitrogen functional groups attached to an aromatic ring is 1. The van der Waals surface area contributed by atoms with Gasteiger partial charge < -0.3 is 10.5 Å². The van der Waals surface area contributed by atoms with E-state index in [2.05, 4.69) is 4.98 Å². The third-order valence-electron chi connectivity index (χ3n) is 3.53. The molecule has 3 nitrogen and oxygen atoms in total. The quantitative estimate of drug-likeness (QED) is 0.844. The Morgan fingerprint density at radius 1 is 1.36 bits per heavy atom. The van der Waals surface area contributed by atoms with Crippen molar-refractivity contribution in [3.63, 3.8) is 0 Å². The number of aryl methyl sites for hydroxylation is 1. The highest BCUT2D eigenvalue weighted by Crippen LogP contribution is 2.32. The van der Waals surface area contributed by atoms with Crippen LogP contribution >= 0.6 is 11.3 Å². The molecule has 3 rings (SSSR count). The van der Waals surface area contributed by atoms with Crippen LogP contribution in [0.3, 0.4) is 0 Å². The highest BCUT2D eigenvalue weighted by molar-refractivity contribution is 7.11. The number of nitrogens with two attached hydrogens (primary N) is 1. The molecule has 1 aromatic heterocycles. The molecule has 0 radical (unpaired) electrons. The molecule has 0 spiro atoms. The second-order valence-electron chi connectivity index (χ2n) is 5.21. The largest absolute Gasteiger partial charge is 0.488 e. The lowest BCUT2D eigenvalue weighted by atomic mass is 10.0. The van der Waals surface area contributed by atoms with E-state index in [4.69, 9.17) is 10.5 Å². The maximum Gasteiger partial charge on any atom is 0.124 e. The first-order valence-electron chi connectivity index (χ1n) is 7.10. The molecule has 1 heterocycles. The van der Waals surface area contributed by atoms with Gasteiger partial charge in [-0.1, -0.05) is 6.08 Å². The number of nitrogens with zero attached hydrogens (tertiary/aromatic N) is 1. The van der Waals surface area contributed by atoms with E-state index in [1.807, 2.05) is 37.3 Å². The molecule has 0 aliphatic heterocycles. The Balaban J connectivity index is 1.67. The summed E-state index contributed by atoms with van der Waals surface area (Å²) in [7, 11) is 0.